The second-order valence-corrected chi connectivity index (χ2v) is 4.58. The zero-order valence-corrected chi connectivity index (χ0v) is 9.63. The molecular formula is C12H16ClNO. The normalized spacial score (nSPS) is 18.3. The SMILES string of the molecule is CC(N)c1cc(Cl)ccc1OC1CCC1. The molecule has 0 spiro atoms. The Labute approximate surface area is 95.4 Å². The van der Waals surface area contributed by atoms with Crippen molar-refractivity contribution in [3.8, 4) is 5.75 Å². The maximum absolute atomic E-state index is 5.93. The van der Waals surface area contributed by atoms with Gasteiger partial charge in [-0.05, 0) is 44.4 Å². The molecule has 0 aliphatic heterocycles. The lowest BCUT2D eigenvalue weighted by atomic mass is 9.96. The van der Waals surface area contributed by atoms with Crippen LogP contribution in [0.15, 0.2) is 18.2 Å². The predicted octanol–water partition coefficient (Wildman–Crippen LogP) is 3.29. The first kappa shape index (κ1) is 10.8. The zero-order valence-electron chi connectivity index (χ0n) is 8.87. The molecule has 2 rings (SSSR count). The highest BCUT2D eigenvalue weighted by atomic mass is 35.5. The summed E-state index contributed by atoms with van der Waals surface area (Å²) in [5.41, 5.74) is 6.87. The lowest BCUT2D eigenvalue weighted by molar-refractivity contribution is 0.118. The molecule has 1 aromatic carbocycles. The van der Waals surface area contributed by atoms with Crippen LogP contribution in [0.5, 0.6) is 5.75 Å². The summed E-state index contributed by atoms with van der Waals surface area (Å²) in [5, 5.41) is 0.711. The van der Waals surface area contributed by atoms with Gasteiger partial charge in [0.15, 0.2) is 0 Å². The molecule has 1 atom stereocenters. The molecule has 1 aromatic rings. The summed E-state index contributed by atoms with van der Waals surface area (Å²) in [6, 6.07) is 5.61. The fourth-order valence-electron chi connectivity index (χ4n) is 1.65. The molecule has 1 aliphatic rings. The topological polar surface area (TPSA) is 35.2 Å². The van der Waals surface area contributed by atoms with Crippen LogP contribution in [0.2, 0.25) is 5.02 Å². The third-order valence-electron chi connectivity index (χ3n) is 2.81. The van der Waals surface area contributed by atoms with E-state index in [1.165, 1.54) is 6.42 Å². The molecule has 0 heterocycles. The standard InChI is InChI=1S/C12H16ClNO/c1-8(14)11-7-9(13)5-6-12(11)15-10-3-2-4-10/h5-8,10H,2-4,14H2,1H3. The van der Waals surface area contributed by atoms with E-state index in [9.17, 15) is 0 Å². The Kier molecular flexibility index (Phi) is 3.17. The van der Waals surface area contributed by atoms with E-state index in [-0.39, 0.29) is 6.04 Å². The molecule has 1 fully saturated rings. The van der Waals surface area contributed by atoms with Gasteiger partial charge in [0.1, 0.15) is 5.75 Å². The summed E-state index contributed by atoms with van der Waals surface area (Å²) < 4.78 is 5.86. The third-order valence-corrected chi connectivity index (χ3v) is 3.04. The van der Waals surface area contributed by atoms with Gasteiger partial charge in [-0.3, -0.25) is 0 Å². The molecule has 3 heteroatoms. The summed E-state index contributed by atoms with van der Waals surface area (Å²) in [7, 11) is 0. The van der Waals surface area contributed by atoms with Crippen LogP contribution in [0.1, 0.15) is 37.8 Å². The Bertz CT molecular complexity index is 347. The number of nitrogens with two attached hydrogens (primary N) is 1. The molecular weight excluding hydrogens is 210 g/mol. The quantitative estimate of drug-likeness (QED) is 0.857. The van der Waals surface area contributed by atoms with Crippen LogP contribution in [0.4, 0.5) is 0 Å². The molecule has 82 valence electrons. The molecule has 0 saturated heterocycles. The average molecular weight is 226 g/mol. The second kappa shape index (κ2) is 4.42. The van der Waals surface area contributed by atoms with Crippen molar-refractivity contribution in [3.63, 3.8) is 0 Å². The van der Waals surface area contributed by atoms with E-state index >= 15 is 0 Å². The predicted molar refractivity (Wildman–Crippen MR) is 62.3 cm³/mol. The molecule has 0 bridgehead atoms. The summed E-state index contributed by atoms with van der Waals surface area (Å²) in [5.74, 6) is 0.888. The summed E-state index contributed by atoms with van der Waals surface area (Å²) >= 11 is 5.93. The van der Waals surface area contributed by atoms with Crippen molar-refractivity contribution < 1.29 is 4.74 Å². The minimum atomic E-state index is -0.0428. The van der Waals surface area contributed by atoms with Crippen molar-refractivity contribution in [2.45, 2.75) is 38.3 Å². The van der Waals surface area contributed by atoms with Gasteiger partial charge in [-0.25, -0.2) is 0 Å². The van der Waals surface area contributed by atoms with Gasteiger partial charge in [-0.15, -0.1) is 0 Å². The number of rotatable bonds is 3. The Morgan fingerprint density at radius 2 is 2.20 bits per heavy atom. The molecule has 1 aliphatic carbocycles. The highest BCUT2D eigenvalue weighted by molar-refractivity contribution is 6.30. The number of halogens is 1. The second-order valence-electron chi connectivity index (χ2n) is 4.14. The molecule has 2 nitrogen and oxygen atoms in total. The van der Waals surface area contributed by atoms with E-state index < -0.39 is 0 Å². The van der Waals surface area contributed by atoms with Gasteiger partial charge >= 0.3 is 0 Å². The Morgan fingerprint density at radius 1 is 1.47 bits per heavy atom. The van der Waals surface area contributed by atoms with Gasteiger partial charge in [0.25, 0.3) is 0 Å². The number of benzene rings is 1. The van der Waals surface area contributed by atoms with Crippen LogP contribution in [0.25, 0.3) is 0 Å². The monoisotopic (exact) mass is 225 g/mol. The van der Waals surface area contributed by atoms with E-state index in [0.717, 1.165) is 24.2 Å². The van der Waals surface area contributed by atoms with Gasteiger partial charge < -0.3 is 10.5 Å². The molecule has 0 amide bonds. The fraction of sp³-hybridized carbons (Fsp3) is 0.500. The van der Waals surface area contributed by atoms with E-state index in [0.29, 0.717) is 11.1 Å². The third kappa shape index (κ3) is 2.44. The van der Waals surface area contributed by atoms with Crippen LogP contribution in [0.3, 0.4) is 0 Å². The van der Waals surface area contributed by atoms with Gasteiger partial charge in [0.05, 0.1) is 6.10 Å². The van der Waals surface area contributed by atoms with Crippen LogP contribution in [0, 0.1) is 0 Å². The largest absolute Gasteiger partial charge is 0.490 e. The summed E-state index contributed by atoms with van der Waals surface area (Å²) in [4.78, 5) is 0. The summed E-state index contributed by atoms with van der Waals surface area (Å²) in [6.45, 7) is 1.94. The Balaban J connectivity index is 2.20. The highest BCUT2D eigenvalue weighted by Gasteiger charge is 2.21. The smallest absolute Gasteiger partial charge is 0.124 e. The first-order valence-electron chi connectivity index (χ1n) is 5.38. The lowest BCUT2D eigenvalue weighted by Crippen LogP contribution is -2.25. The van der Waals surface area contributed by atoms with E-state index in [2.05, 4.69) is 0 Å². The van der Waals surface area contributed by atoms with Crippen molar-refractivity contribution in [1.82, 2.24) is 0 Å². The minimum Gasteiger partial charge on any atom is -0.490 e. The molecule has 0 aromatic heterocycles. The maximum atomic E-state index is 5.93. The van der Waals surface area contributed by atoms with E-state index in [1.807, 2.05) is 25.1 Å². The van der Waals surface area contributed by atoms with Crippen LogP contribution < -0.4 is 10.5 Å². The Hall–Kier alpha value is -0.730. The summed E-state index contributed by atoms with van der Waals surface area (Å²) in [6.07, 6.45) is 3.96. The first-order chi connectivity index (χ1) is 7.16. The zero-order chi connectivity index (χ0) is 10.8. The maximum Gasteiger partial charge on any atom is 0.124 e. The van der Waals surface area contributed by atoms with Crippen molar-refractivity contribution in [2.24, 2.45) is 5.73 Å². The highest BCUT2D eigenvalue weighted by Crippen LogP contribution is 2.31. The van der Waals surface area contributed by atoms with Crippen LogP contribution in [-0.2, 0) is 0 Å². The minimum absolute atomic E-state index is 0.0428. The number of hydrogen-bond donors (Lipinski definition) is 1. The van der Waals surface area contributed by atoms with Crippen molar-refractivity contribution in [2.75, 3.05) is 0 Å². The Morgan fingerprint density at radius 3 is 2.73 bits per heavy atom. The van der Waals surface area contributed by atoms with Crippen molar-refractivity contribution in [3.05, 3.63) is 28.8 Å². The van der Waals surface area contributed by atoms with Gasteiger partial charge in [0.2, 0.25) is 0 Å². The van der Waals surface area contributed by atoms with Crippen LogP contribution in [-0.4, -0.2) is 6.10 Å². The first-order valence-corrected chi connectivity index (χ1v) is 5.76. The van der Waals surface area contributed by atoms with Crippen molar-refractivity contribution in [1.29, 1.82) is 0 Å². The molecule has 1 unspecified atom stereocenters. The van der Waals surface area contributed by atoms with Gasteiger partial charge in [-0.2, -0.15) is 0 Å². The number of hydrogen-bond acceptors (Lipinski definition) is 2. The van der Waals surface area contributed by atoms with E-state index in [4.69, 9.17) is 22.1 Å². The van der Waals surface area contributed by atoms with E-state index in [1.54, 1.807) is 0 Å². The lowest BCUT2D eigenvalue weighted by Gasteiger charge is -2.28. The van der Waals surface area contributed by atoms with Crippen LogP contribution >= 0.6 is 11.6 Å². The van der Waals surface area contributed by atoms with Gasteiger partial charge in [-0.1, -0.05) is 11.6 Å². The van der Waals surface area contributed by atoms with Gasteiger partial charge in [0, 0.05) is 16.6 Å². The molecule has 2 N–H and O–H groups in total. The average Bonchev–Trinajstić information content (AvgIpc) is 2.12. The number of ether oxygens (including phenoxy) is 1. The van der Waals surface area contributed by atoms with Crippen molar-refractivity contribution >= 4 is 11.6 Å². The molecule has 1 saturated carbocycles. The fourth-order valence-corrected chi connectivity index (χ4v) is 1.83. The molecule has 0 radical (unpaired) electrons. The molecule has 15 heavy (non-hydrogen) atoms.